The van der Waals surface area contributed by atoms with E-state index in [0.29, 0.717) is 63.7 Å². The van der Waals surface area contributed by atoms with E-state index in [1.807, 2.05) is 30.3 Å². The van der Waals surface area contributed by atoms with Crippen LogP contribution in [0.3, 0.4) is 0 Å². The Hall–Kier alpha value is -3.08. The number of thiazole rings is 1. The smallest absolute Gasteiger partial charge is 0.243 e. The van der Waals surface area contributed by atoms with Crippen molar-refractivity contribution in [3.63, 3.8) is 0 Å². The third-order valence-corrected chi connectivity index (χ3v) is 10.6. The molecule has 43 heavy (non-hydrogen) atoms. The first-order valence-corrected chi connectivity index (χ1v) is 16.7. The number of likely N-dealkylation sites (tertiary alicyclic amines) is 1. The molecular weight excluding hydrogens is 562 g/mol. The second-order valence-corrected chi connectivity index (χ2v) is 13.6. The van der Waals surface area contributed by atoms with Crippen LogP contribution in [0, 0.1) is 11.3 Å². The minimum absolute atomic E-state index is 0.0335. The van der Waals surface area contributed by atoms with Gasteiger partial charge < -0.3 is 20.7 Å². The van der Waals surface area contributed by atoms with Crippen LogP contribution in [0.25, 0.3) is 0 Å². The molecule has 230 valence electrons. The highest BCUT2D eigenvalue weighted by molar-refractivity contribution is 7.15. The minimum atomic E-state index is -0.661. The molecule has 3 aliphatic heterocycles. The van der Waals surface area contributed by atoms with Gasteiger partial charge >= 0.3 is 0 Å². The molecule has 2 fully saturated rings. The summed E-state index contributed by atoms with van der Waals surface area (Å²) in [6.07, 6.45) is 12.6. The van der Waals surface area contributed by atoms with Crippen LogP contribution in [-0.4, -0.2) is 72.5 Å². The third kappa shape index (κ3) is 7.36. The minimum Gasteiger partial charge on any atom is -0.381 e. The fourth-order valence-corrected chi connectivity index (χ4v) is 8.03. The van der Waals surface area contributed by atoms with Crippen molar-refractivity contribution in [1.82, 2.24) is 20.5 Å². The summed E-state index contributed by atoms with van der Waals surface area (Å²) >= 11 is 1.61. The average molecular weight is 606 g/mol. The number of carbonyl (C=O) groups excluding carboxylic acids is 3. The largest absolute Gasteiger partial charge is 0.381 e. The van der Waals surface area contributed by atoms with E-state index in [-0.39, 0.29) is 29.7 Å². The van der Waals surface area contributed by atoms with Gasteiger partial charge in [0.05, 0.1) is 17.7 Å². The monoisotopic (exact) mass is 605 g/mol. The van der Waals surface area contributed by atoms with Crippen LogP contribution < -0.4 is 16.0 Å². The molecule has 3 amide bonds. The van der Waals surface area contributed by atoms with Crippen molar-refractivity contribution in [3.8, 4) is 0 Å². The van der Waals surface area contributed by atoms with Crippen LogP contribution in [0.1, 0.15) is 61.1 Å². The van der Waals surface area contributed by atoms with Crippen molar-refractivity contribution in [1.29, 1.82) is 0 Å². The quantitative estimate of drug-likeness (QED) is 0.449. The van der Waals surface area contributed by atoms with Crippen LogP contribution in [0.5, 0.6) is 0 Å². The Morgan fingerprint density at radius 1 is 1.09 bits per heavy atom. The number of ether oxygens (including phenoxy) is 1. The molecule has 2 saturated heterocycles. The first-order valence-electron chi connectivity index (χ1n) is 15.9. The molecule has 4 aliphatic rings. The van der Waals surface area contributed by atoms with Crippen LogP contribution in [-0.2, 0) is 38.4 Å². The van der Waals surface area contributed by atoms with Gasteiger partial charge in [-0.2, -0.15) is 0 Å². The van der Waals surface area contributed by atoms with Crippen molar-refractivity contribution in [2.45, 2.75) is 76.3 Å². The Labute approximate surface area is 257 Å². The topological polar surface area (TPSA) is 113 Å². The van der Waals surface area contributed by atoms with E-state index in [4.69, 9.17) is 4.74 Å². The first-order chi connectivity index (χ1) is 21.0. The van der Waals surface area contributed by atoms with E-state index >= 15 is 0 Å². The summed E-state index contributed by atoms with van der Waals surface area (Å²) in [4.78, 5) is 48.7. The number of carbonyl (C=O) groups is 3. The number of aromatic nitrogens is 1. The molecule has 1 aliphatic carbocycles. The highest BCUT2D eigenvalue weighted by atomic mass is 32.1. The number of anilines is 1. The molecule has 9 nitrogen and oxygen atoms in total. The van der Waals surface area contributed by atoms with Gasteiger partial charge in [-0.05, 0) is 69.3 Å². The zero-order valence-corrected chi connectivity index (χ0v) is 25.6. The predicted molar refractivity (Wildman–Crippen MR) is 167 cm³/mol. The number of nitrogens with one attached hydrogen (secondary N) is 3. The lowest BCUT2D eigenvalue weighted by atomic mass is 9.75. The van der Waals surface area contributed by atoms with Gasteiger partial charge in [-0.3, -0.25) is 19.3 Å². The summed E-state index contributed by atoms with van der Waals surface area (Å²) < 4.78 is 5.61. The number of amides is 3. The van der Waals surface area contributed by atoms with E-state index in [2.05, 4.69) is 38.0 Å². The Kier molecular flexibility index (Phi) is 9.55. The van der Waals surface area contributed by atoms with Crippen LogP contribution >= 0.6 is 11.3 Å². The maximum atomic E-state index is 13.8. The van der Waals surface area contributed by atoms with Gasteiger partial charge in [0.2, 0.25) is 17.7 Å². The molecule has 0 saturated carbocycles. The molecule has 1 aromatic carbocycles. The molecule has 3 N–H and O–H groups in total. The Morgan fingerprint density at radius 2 is 1.91 bits per heavy atom. The molecular formula is C33H43N5O4S. The van der Waals surface area contributed by atoms with Crippen LogP contribution in [0.15, 0.2) is 42.5 Å². The number of rotatable bonds is 5. The molecule has 3 atom stereocenters. The predicted octanol–water partition coefficient (Wildman–Crippen LogP) is 3.64. The summed E-state index contributed by atoms with van der Waals surface area (Å²) in [6, 6.07) is 9.17. The molecule has 10 heteroatoms. The van der Waals surface area contributed by atoms with Crippen molar-refractivity contribution in [3.05, 3.63) is 58.6 Å². The highest BCUT2D eigenvalue weighted by Crippen LogP contribution is 2.36. The van der Waals surface area contributed by atoms with E-state index in [1.54, 1.807) is 11.3 Å². The summed E-state index contributed by atoms with van der Waals surface area (Å²) in [6.45, 7) is 2.82. The summed E-state index contributed by atoms with van der Waals surface area (Å²) in [7, 11) is 0. The van der Waals surface area contributed by atoms with Crippen molar-refractivity contribution in [2.24, 2.45) is 11.3 Å². The molecule has 0 radical (unpaired) electrons. The number of aryl methyl sites for hydroxylation is 2. The number of piperidine rings is 1. The second kappa shape index (κ2) is 13.7. The van der Waals surface area contributed by atoms with Gasteiger partial charge in [-0.1, -0.05) is 42.5 Å². The van der Waals surface area contributed by atoms with E-state index in [9.17, 15) is 14.4 Å². The van der Waals surface area contributed by atoms with Gasteiger partial charge in [0, 0.05) is 43.6 Å². The first kappa shape index (κ1) is 30.0. The van der Waals surface area contributed by atoms with Gasteiger partial charge in [-0.15, -0.1) is 11.3 Å². The zero-order chi connectivity index (χ0) is 29.6. The number of hydrogen-bond acceptors (Lipinski definition) is 7. The van der Waals surface area contributed by atoms with Crippen molar-refractivity contribution >= 4 is 34.2 Å². The summed E-state index contributed by atoms with van der Waals surface area (Å²) in [5.41, 5.74) is 1.58. The Morgan fingerprint density at radius 3 is 2.72 bits per heavy atom. The number of fused-ring (bicyclic) bond motifs is 2. The fraction of sp³-hybridized carbons (Fsp3) is 0.576. The maximum Gasteiger partial charge on any atom is 0.243 e. The Bertz CT molecular complexity index is 1300. The number of hydrogen-bond donors (Lipinski definition) is 3. The molecule has 4 heterocycles. The fourth-order valence-electron chi connectivity index (χ4n) is 6.97. The zero-order valence-electron chi connectivity index (χ0n) is 24.8. The lowest BCUT2D eigenvalue weighted by Gasteiger charge is -2.40. The number of benzene rings is 1. The molecule has 1 spiro atoms. The molecule has 6 rings (SSSR count). The average Bonchev–Trinajstić information content (AvgIpc) is 3.42. The molecule has 2 aromatic rings. The van der Waals surface area contributed by atoms with Crippen LogP contribution in [0.4, 0.5) is 5.13 Å². The van der Waals surface area contributed by atoms with E-state index in [0.717, 1.165) is 36.9 Å². The van der Waals surface area contributed by atoms with Crippen LogP contribution in [0.2, 0.25) is 0 Å². The van der Waals surface area contributed by atoms with E-state index in [1.165, 1.54) is 17.7 Å². The third-order valence-electron chi connectivity index (χ3n) is 9.56. The number of nitrogens with zero attached hydrogens (tertiary/aromatic N) is 2. The van der Waals surface area contributed by atoms with Crippen molar-refractivity contribution in [2.75, 3.05) is 38.2 Å². The lowest BCUT2D eigenvalue weighted by molar-refractivity contribution is -0.140. The molecule has 0 unspecified atom stereocenters. The summed E-state index contributed by atoms with van der Waals surface area (Å²) in [5.74, 6) is -0.0788. The normalized spacial score (nSPS) is 26.3. The SMILES string of the molecule is O=C(CN1CC[C@H]2NC(=O)[C@@H](Cc3ccccc3)NC(=O)C3(CC=CC[C@H]2C1)CCOCC3)Nc1nc2c(s1)CCCC2. The van der Waals surface area contributed by atoms with Crippen molar-refractivity contribution < 1.29 is 19.1 Å². The van der Waals surface area contributed by atoms with Gasteiger partial charge in [-0.25, -0.2) is 4.98 Å². The van der Waals surface area contributed by atoms with Gasteiger partial charge in [0.1, 0.15) is 6.04 Å². The lowest BCUT2D eigenvalue weighted by Crippen LogP contribution is -2.58. The standard InChI is InChI=1S/C33H43N5O4S/c39-29(37-32-36-26-11-4-5-12-28(26)43-32)22-38-17-13-25-24(21-38)10-6-7-14-33(15-18-42-19-16-33)31(41)35-27(30(40)34-25)20-23-8-2-1-3-9-23/h1-3,6-9,24-25,27H,4-5,10-22H2,(H,34,40)(H,35,41)(H,36,37,39)/t24-,25+,27+/m0/s1. The molecule has 1 aromatic heterocycles. The summed E-state index contributed by atoms with van der Waals surface area (Å²) in [5, 5.41) is 10.2. The Balaban J connectivity index is 1.15. The molecule has 0 bridgehead atoms. The van der Waals surface area contributed by atoms with Gasteiger partial charge in [0.15, 0.2) is 5.13 Å². The van der Waals surface area contributed by atoms with Gasteiger partial charge in [0.25, 0.3) is 0 Å². The maximum absolute atomic E-state index is 13.8. The number of allylic oxidation sites excluding steroid dienone is 2. The van der Waals surface area contributed by atoms with E-state index < -0.39 is 11.5 Å². The second-order valence-electron chi connectivity index (χ2n) is 12.6. The highest BCUT2D eigenvalue weighted by Gasteiger charge is 2.41.